The molecule has 0 saturated heterocycles. The van der Waals surface area contributed by atoms with Crippen LogP contribution in [0, 0.1) is 6.92 Å². The molecule has 5 heteroatoms. The second-order valence-corrected chi connectivity index (χ2v) is 3.97. The summed E-state index contributed by atoms with van der Waals surface area (Å²) in [5.41, 5.74) is 1.09. The van der Waals surface area contributed by atoms with Crippen LogP contribution in [0.2, 0.25) is 5.02 Å². The van der Waals surface area contributed by atoms with Crippen LogP contribution in [0.5, 0.6) is 0 Å². The van der Waals surface area contributed by atoms with Crippen molar-refractivity contribution < 1.29 is 9.90 Å². The molecular formula is C11H15ClN2O2. The first kappa shape index (κ1) is 12.9. The largest absolute Gasteiger partial charge is 0.394 e. The monoisotopic (exact) mass is 242 g/mol. The van der Waals surface area contributed by atoms with E-state index >= 15 is 0 Å². The van der Waals surface area contributed by atoms with Crippen molar-refractivity contribution in [3.63, 3.8) is 0 Å². The van der Waals surface area contributed by atoms with Gasteiger partial charge in [-0.15, -0.1) is 0 Å². The van der Waals surface area contributed by atoms with E-state index in [1.807, 2.05) is 6.92 Å². The molecule has 0 unspecified atom stereocenters. The summed E-state index contributed by atoms with van der Waals surface area (Å²) in [6.45, 7) is 3.60. The van der Waals surface area contributed by atoms with E-state index in [4.69, 9.17) is 16.7 Å². The molecule has 0 aliphatic carbocycles. The summed E-state index contributed by atoms with van der Waals surface area (Å²) in [6.07, 6.45) is 2.11. The summed E-state index contributed by atoms with van der Waals surface area (Å²) in [6, 6.07) is 1.39. The zero-order valence-electron chi connectivity index (χ0n) is 9.33. The fourth-order valence-corrected chi connectivity index (χ4v) is 1.53. The first-order valence-electron chi connectivity index (χ1n) is 5.12. The van der Waals surface area contributed by atoms with Gasteiger partial charge in [0.05, 0.1) is 23.2 Å². The number of pyridine rings is 1. The number of nitrogens with zero attached hydrogens (tertiary/aromatic N) is 1. The lowest BCUT2D eigenvalue weighted by molar-refractivity contribution is 0.0914. The molecule has 1 rings (SSSR count). The molecule has 2 N–H and O–H groups in total. The SMILES string of the molecule is CC[C@@H](CO)NC(=O)c1cnc(C)cc1Cl. The number of aliphatic hydroxyl groups is 1. The van der Waals surface area contributed by atoms with E-state index in [0.717, 1.165) is 5.69 Å². The van der Waals surface area contributed by atoms with Crippen molar-refractivity contribution in [1.82, 2.24) is 10.3 Å². The van der Waals surface area contributed by atoms with Crippen LogP contribution in [0.25, 0.3) is 0 Å². The first-order chi connectivity index (χ1) is 7.58. The molecule has 1 atom stereocenters. The third-order valence-electron chi connectivity index (χ3n) is 2.28. The molecular weight excluding hydrogens is 228 g/mol. The Morgan fingerprint density at radius 1 is 1.69 bits per heavy atom. The van der Waals surface area contributed by atoms with Gasteiger partial charge < -0.3 is 10.4 Å². The maximum absolute atomic E-state index is 11.8. The van der Waals surface area contributed by atoms with Crippen molar-refractivity contribution in [1.29, 1.82) is 0 Å². The van der Waals surface area contributed by atoms with Gasteiger partial charge in [-0.1, -0.05) is 18.5 Å². The average Bonchev–Trinajstić information content (AvgIpc) is 2.25. The topological polar surface area (TPSA) is 62.2 Å². The number of carbonyl (C=O) groups excluding carboxylic acids is 1. The highest BCUT2D eigenvalue weighted by molar-refractivity contribution is 6.33. The third-order valence-corrected chi connectivity index (χ3v) is 2.60. The van der Waals surface area contributed by atoms with Gasteiger partial charge in [0.1, 0.15) is 0 Å². The number of amides is 1. The van der Waals surface area contributed by atoms with Gasteiger partial charge in [-0.05, 0) is 19.4 Å². The lowest BCUT2D eigenvalue weighted by atomic mass is 10.2. The molecule has 0 aromatic carbocycles. The number of hydrogen-bond acceptors (Lipinski definition) is 3. The van der Waals surface area contributed by atoms with Crippen molar-refractivity contribution >= 4 is 17.5 Å². The van der Waals surface area contributed by atoms with E-state index in [0.29, 0.717) is 17.0 Å². The number of aryl methyl sites for hydroxylation is 1. The summed E-state index contributed by atoms with van der Waals surface area (Å²) >= 11 is 5.93. The number of aliphatic hydroxyl groups excluding tert-OH is 1. The standard InChI is InChI=1S/C11H15ClN2O2/c1-3-8(6-15)14-11(16)9-5-13-7(2)4-10(9)12/h4-5,8,15H,3,6H2,1-2H3,(H,14,16)/t8-/m0/s1. The van der Waals surface area contributed by atoms with Crippen molar-refractivity contribution in [3.05, 3.63) is 28.5 Å². The summed E-state index contributed by atoms with van der Waals surface area (Å²) in [5, 5.41) is 12.0. The predicted octanol–water partition coefficient (Wildman–Crippen LogP) is 1.54. The Labute approximate surface area is 99.6 Å². The van der Waals surface area contributed by atoms with E-state index in [1.54, 1.807) is 13.0 Å². The molecule has 0 bridgehead atoms. The van der Waals surface area contributed by atoms with E-state index in [-0.39, 0.29) is 18.6 Å². The summed E-state index contributed by atoms with van der Waals surface area (Å²) in [5.74, 6) is -0.307. The summed E-state index contributed by atoms with van der Waals surface area (Å²) in [7, 11) is 0. The Morgan fingerprint density at radius 3 is 2.88 bits per heavy atom. The molecule has 1 aromatic heterocycles. The van der Waals surface area contributed by atoms with Gasteiger partial charge in [-0.2, -0.15) is 0 Å². The molecule has 0 aliphatic heterocycles. The van der Waals surface area contributed by atoms with Crippen LogP contribution in [-0.4, -0.2) is 28.6 Å². The second-order valence-electron chi connectivity index (χ2n) is 3.57. The first-order valence-corrected chi connectivity index (χ1v) is 5.50. The molecule has 0 fully saturated rings. The lowest BCUT2D eigenvalue weighted by Gasteiger charge is -2.14. The Bertz CT molecular complexity index is 378. The van der Waals surface area contributed by atoms with Gasteiger partial charge in [0.15, 0.2) is 0 Å². The minimum atomic E-state index is -0.307. The van der Waals surface area contributed by atoms with Crippen LogP contribution in [-0.2, 0) is 0 Å². The average molecular weight is 243 g/mol. The molecule has 0 saturated carbocycles. The minimum absolute atomic E-state index is 0.0842. The molecule has 88 valence electrons. The quantitative estimate of drug-likeness (QED) is 0.842. The van der Waals surface area contributed by atoms with Gasteiger partial charge in [0, 0.05) is 11.9 Å². The number of halogens is 1. The Hall–Kier alpha value is -1.13. The highest BCUT2D eigenvalue weighted by Crippen LogP contribution is 2.15. The van der Waals surface area contributed by atoms with Crippen LogP contribution in [0.1, 0.15) is 29.4 Å². The van der Waals surface area contributed by atoms with Crippen LogP contribution in [0.3, 0.4) is 0 Å². The number of rotatable bonds is 4. The Balaban J connectivity index is 2.80. The van der Waals surface area contributed by atoms with Crippen molar-refractivity contribution in [2.24, 2.45) is 0 Å². The van der Waals surface area contributed by atoms with Crippen LogP contribution in [0.4, 0.5) is 0 Å². The van der Waals surface area contributed by atoms with Crippen LogP contribution >= 0.6 is 11.6 Å². The molecule has 4 nitrogen and oxygen atoms in total. The Morgan fingerprint density at radius 2 is 2.38 bits per heavy atom. The molecule has 1 aromatic rings. The van der Waals surface area contributed by atoms with Crippen molar-refractivity contribution in [2.75, 3.05) is 6.61 Å². The Kier molecular flexibility index (Phi) is 4.71. The van der Waals surface area contributed by atoms with E-state index in [1.165, 1.54) is 6.20 Å². The number of aromatic nitrogens is 1. The van der Waals surface area contributed by atoms with Gasteiger partial charge >= 0.3 is 0 Å². The van der Waals surface area contributed by atoms with E-state index in [9.17, 15) is 4.79 Å². The molecule has 1 amide bonds. The maximum Gasteiger partial charge on any atom is 0.254 e. The molecule has 0 radical (unpaired) electrons. The van der Waals surface area contributed by atoms with E-state index in [2.05, 4.69) is 10.3 Å². The number of carbonyl (C=O) groups is 1. The molecule has 0 aliphatic rings. The van der Waals surface area contributed by atoms with Gasteiger partial charge in [-0.3, -0.25) is 9.78 Å². The second kappa shape index (κ2) is 5.82. The lowest BCUT2D eigenvalue weighted by Crippen LogP contribution is -2.37. The minimum Gasteiger partial charge on any atom is -0.394 e. The summed E-state index contributed by atoms with van der Waals surface area (Å²) in [4.78, 5) is 15.8. The predicted molar refractivity (Wildman–Crippen MR) is 62.6 cm³/mol. The van der Waals surface area contributed by atoms with E-state index < -0.39 is 0 Å². The van der Waals surface area contributed by atoms with Crippen molar-refractivity contribution in [3.8, 4) is 0 Å². The fraction of sp³-hybridized carbons (Fsp3) is 0.455. The maximum atomic E-state index is 11.8. The molecule has 1 heterocycles. The third kappa shape index (κ3) is 3.18. The molecule has 0 spiro atoms. The van der Waals surface area contributed by atoms with Crippen molar-refractivity contribution in [2.45, 2.75) is 26.3 Å². The van der Waals surface area contributed by atoms with Crippen LogP contribution < -0.4 is 5.32 Å². The number of nitrogens with one attached hydrogen (secondary N) is 1. The zero-order valence-corrected chi connectivity index (χ0v) is 10.1. The fourth-order valence-electron chi connectivity index (χ4n) is 1.23. The highest BCUT2D eigenvalue weighted by atomic mass is 35.5. The van der Waals surface area contributed by atoms with Gasteiger partial charge in [0.25, 0.3) is 5.91 Å². The van der Waals surface area contributed by atoms with Crippen LogP contribution in [0.15, 0.2) is 12.3 Å². The smallest absolute Gasteiger partial charge is 0.254 e. The van der Waals surface area contributed by atoms with Gasteiger partial charge in [-0.25, -0.2) is 0 Å². The summed E-state index contributed by atoms with van der Waals surface area (Å²) < 4.78 is 0. The normalized spacial score (nSPS) is 12.2. The van der Waals surface area contributed by atoms with Gasteiger partial charge in [0.2, 0.25) is 0 Å². The number of hydrogen-bond donors (Lipinski definition) is 2. The zero-order chi connectivity index (χ0) is 12.1. The highest BCUT2D eigenvalue weighted by Gasteiger charge is 2.14. The molecule has 16 heavy (non-hydrogen) atoms.